The van der Waals surface area contributed by atoms with Gasteiger partial charge in [-0.25, -0.2) is 0 Å². The van der Waals surface area contributed by atoms with Crippen molar-refractivity contribution in [1.82, 2.24) is 10.6 Å². The summed E-state index contributed by atoms with van der Waals surface area (Å²) in [5.41, 5.74) is 1.14. The highest BCUT2D eigenvalue weighted by Crippen LogP contribution is 2.30. The van der Waals surface area contributed by atoms with Gasteiger partial charge in [-0.15, -0.1) is 0 Å². The molecule has 0 aliphatic carbocycles. The number of hydrogen-bond acceptors (Lipinski definition) is 5. The van der Waals surface area contributed by atoms with Gasteiger partial charge < -0.3 is 29.7 Å². The molecule has 0 amide bonds. The van der Waals surface area contributed by atoms with Crippen molar-refractivity contribution in [3.8, 4) is 17.2 Å². The Morgan fingerprint density at radius 1 is 1.00 bits per heavy atom. The highest BCUT2D eigenvalue weighted by atomic mass is 16.5. The first-order chi connectivity index (χ1) is 15.7. The fraction of sp³-hybridized carbons (Fsp3) is 0.480. The van der Waals surface area contributed by atoms with Gasteiger partial charge in [0.1, 0.15) is 17.2 Å². The molecule has 1 saturated heterocycles. The lowest BCUT2D eigenvalue weighted by Gasteiger charge is -2.34. The second kappa shape index (κ2) is 12.7. The van der Waals surface area contributed by atoms with Gasteiger partial charge in [-0.1, -0.05) is 18.2 Å². The molecule has 1 heterocycles. The number of anilines is 1. The normalized spacial score (nSPS) is 14.7. The van der Waals surface area contributed by atoms with E-state index in [1.807, 2.05) is 36.4 Å². The standard InChI is InChI=1S/C25H36N4O3/c1-4-26-25(27-13-8-16-32-22-9-6-5-7-10-22)28-20-11-14-29(15-12-20)21-17-23(30-2)19-24(18-21)31-3/h5-7,9-10,17-20H,4,8,11-16H2,1-3H3,(H2,26,27,28). The van der Waals surface area contributed by atoms with E-state index in [0.29, 0.717) is 12.6 Å². The molecule has 0 aromatic heterocycles. The summed E-state index contributed by atoms with van der Waals surface area (Å²) in [6, 6.07) is 16.3. The van der Waals surface area contributed by atoms with Crippen LogP contribution < -0.4 is 29.7 Å². The lowest BCUT2D eigenvalue weighted by Crippen LogP contribution is -2.48. The molecule has 7 nitrogen and oxygen atoms in total. The van der Waals surface area contributed by atoms with E-state index in [1.54, 1.807) is 14.2 Å². The molecule has 7 heteroatoms. The van der Waals surface area contributed by atoms with Crippen LogP contribution >= 0.6 is 0 Å². The quantitative estimate of drug-likeness (QED) is 0.334. The van der Waals surface area contributed by atoms with Gasteiger partial charge in [0.2, 0.25) is 0 Å². The van der Waals surface area contributed by atoms with E-state index >= 15 is 0 Å². The monoisotopic (exact) mass is 440 g/mol. The predicted molar refractivity (Wildman–Crippen MR) is 130 cm³/mol. The largest absolute Gasteiger partial charge is 0.497 e. The third-order valence-corrected chi connectivity index (χ3v) is 5.47. The molecule has 1 fully saturated rings. The Hall–Kier alpha value is -3.09. The smallest absolute Gasteiger partial charge is 0.191 e. The Balaban J connectivity index is 1.45. The molecule has 0 saturated carbocycles. The molecule has 2 N–H and O–H groups in total. The molecule has 3 rings (SSSR count). The number of rotatable bonds is 10. The van der Waals surface area contributed by atoms with E-state index in [9.17, 15) is 0 Å². The molecule has 2 aromatic carbocycles. The van der Waals surface area contributed by atoms with Gasteiger partial charge in [-0.3, -0.25) is 4.99 Å². The fourth-order valence-electron chi connectivity index (χ4n) is 3.73. The maximum atomic E-state index is 5.75. The summed E-state index contributed by atoms with van der Waals surface area (Å²) in [4.78, 5) is 7.11. The molecule has 1 aliphatic rings. The van der Waals surface area contributed by atoms with Crippen molar-refractivity contribution in [2.24, 2.45) is 4.99 Å². The van der Waals surface area contributed by atoms with Gasteiger partial charge in [0, 0.05) is 62.5 Å². The van der Waals surface area contributed by atoms with Gasteiger partial charge in [0.25, 0.3) is 0 Å². The third kappa shape index (κ3) is 7.25. The van der Waals surface area contributed by atoms with E-state index in [4.69, 9.17) is 19.2 Å². The maximum Gasteiger partial charge on any atom is 0.191 e. The van der Waals surface area contributed by atoms with Crippen molar-refractivity contribution in [1.29, 1.82) is 0 Å². The number of para-hydroxylation sites is 1. The van der Waals surface area contributed by atoms with Crippen LogP contribution in [0, 0.1) is 0 Å². The van der Waals surface area contributed by atoms with Crippen LogP contribution in [0.2, 0.25) is 0 Å². The Morgan fingerprint density at radius 2 is 1.69 bits per heavy atom. The molecular formula is C25H36N4O3. The van der Waals surface area contributed by atoms with Crippen molar-refractivity contribution in [2.45, 2.75) is 32.2 Å². The summed E-state index contributed by atoms with van der Waals surface area (Å²) in [6.45, 7) is 6.26. The SMILES string of the molecule is CCNC(=NCCCOc1ccccc1)NC1CCN(c2cc(OC)cc(OC)c2)CC1. The molecule has 1 aliphatic heterocycles. The van der Waals surface area contributed by atoms with Crippen LogP contribution in [0.1, 0.15) is 26.2 Å². The predicted octanol–water partition coefficient (Wildman–Crippen LogP) is 3.70. The number of piperidine rings is 1. The van der Waals surface area contributed by atoms with E-state index < -0.39 is 0 Å². The molecule has 0 spiro atoms. The lowest BCUT2D eigenvalue weighted by atomic mass is 10.0. The van der Waals surface area contributed by atoms with Gasteiger partial charge in [0.15, 0.2) is 5.96 Å². The molecule has 0 unspecified atom stereocenters. The average Bonchev–Trinajstić information content (AvgIpc) is 2.84. The summed E-state index contributed by atoms with van der Waals surface area (Å²) < 4.78 is 16.6. The average molecular weight is 441 g/mol. The van der Waals surface area contributed by atoms with E-state index in [0.717, 1.165) is 74.3 Å². The van der Waals surface area contributed by atoms with Crippen LogP contribution in [0.5, 0.6) is 17.2 Å². The van der Waals surface area contributed by atoms with Crippen molar-refractivity contribution in [3.63, 3.8) is 0 Å². The first-order valence-electron chi connectivity index (χ1n) is 11.4. The zero-order valence-electron chi connectivity index (χ0n) is 19.5. The summed E-state index contributed by atoms with van der Waals surface area (Å²) in [5.74, 6) is 3.42. The number of ether oxygens (including phenoxy) is 3. The zero-order valence-corrected chi connectivity index (χ0v) is 19.5. The molecular weight excluding hydrogens is 404 g/mol. The van der Waals surface area contributed by atoms with Crippen LogP contribution in [-0.4, -0.2) is 59.0 Å². The van der Waals surface area contributed by atoms with E-state index in [2.05, 4.69) is 34.6 Å². The topological polar surface area (TPSA) is 67.4 Å². The van der Waals surface area contributed by atoms with Gasteiger partial charge in [-0.05, 0) is 31.9 Å². The van der Waals surface area contributed by atoms with Gasteiger partial charge in [-0.2, -0.15) is 0 Å². The molecule has 32 heavy (non-hydrogen) atoms. The van der Waals surface area contributed by atoms with Crippen LogP contribution in [0.3, 0.4) is 0 Å². The minimum absolute atomic E-state index is 0.400. The van der Waals surface area contributed by atoms with Crippen molar-refractivity contribution in [2.75, 3.05) is 51.9 Å². The highest BCUT2D eigenvalue weighted by molar-refractivity contribution is 5.80. The van der Waals surface area contributed by atoms with Crippen LogP contribution in [0.15, 0.2) is 53.5 Å². The zero-order chi connectivity index (χ0) is 22.6. The van der Waals surface area contributed by atoms with Crippen LogP contribution in [0.4, 0.5) is 5.69 Å². The summed E-state index contributed by atoms with van der Waals surface area (Å²) >= 11 is 0. The van der Waals surface area contributed by atoms with Crippen molar-refractivity contribution < 1.29 is 14.2 Å². The molecule has 0 radical (unpaired) electrons. The Morgan fingerprint density at radius 3 is 2.31 bits per heavy atom. The highest BCUT2D eigenvalue weighted by Gasteiger charge is 2.21. The summed E-state index contributed by atoms with van der Waals surface area (Å²) in [5, 5.41) is 6.97. The first kappa shape index (κ1) is 23.6. The Kier molecular flexibility index (Phi) is 9.35. The van der Waals surface area contributed by atoms with Gasteiger partial charge >= 0.3 is 0 Å². The summed E-state index contributed by atoms with van der Waals surface area (Å²) in [7, 11) is 3.37. The summed E-state index contributed by atoms with van der Waals surface area (Å²) in [6.07, 6.45) is 2.96. The molecule has 2 aromatic rings. The van der Waals surface area contributed by atoms with Crippen molar-refractivity contribution >= 4 is 11.6 Å². The number of hydrogen-bond donors (Lipinski definition) is 2. The lowest BCUT2D eigenvalue weighted by molar-refractivity contribution is 0.313. The Labute approximate surface area is 191 Å². The number of nitrogens with zero attached hydrogens (tertiary/aromatic N) is 2. The maximum absolute atomic E-state index is 5.75. The first-order valence-corrected chi connectivity index (χ1v) is 11.4. The molecule has 0 bridgehead atoms. The third-order valence-electron chi connectivity index (χ3n) is 5.47. The number of benzene rings is 2. The minimum Gasteiger partial charge on any atom is -0.497 e. The second-order valence-corrected chi connectivity index (χ2v) is 7.75. The van der Waals surface area contributed by atoms with Crippen LogP contribution in [0.25, 0.3) is 0 Å². The van der Waals surface area contributed by atoms with Crippen molar-refractivity contribution in [3.05, 3.63) is 48.5 Å². The van der Waals surface area contributed by atoms with Gasteiger partial charge in [0.05, 0.1) is 20.8 Å². The number of nitrogens with one attached hydrogen (secondary N) is 2. The molecule has 174 valence electrons. The van der Waals surface area contributed by atoms with Crippen LogP contribution in [-0.2, 0) is 0 Å². The van der Waals surface area contributed by atoms with E-state index in [-0.39, 0.29) is 0 Å². The minimum atomic E-state index is 0.400. The molecule has 0 atom stereocenters. The fourth-order valence-corrected chi connectivity index (χ4v) is 3.73. The number of guanidine groups is 1. The Bertz CT molecular complexity index is 814. The number of aliphatic imine (C=N–C) groups is 1. The number of methoxy groups -OCH3 is 2. The second-order valence-electron chi connectivity index (χ2n) is 7.75. The van der Waals surface area contributed by atoms with E-state index in [1.165, 1.54) is 0 Å².